The average Bonchev–Trinajstić information content (AvgIpc) is 3.41. The Morgan fingerprint density at radius 2 is 2.04 bits per heavy atom. The van der Waals surface area contributed by atoms with Crippen LogP contribution in [0.15, 0.2) is 59.1 Å². The molecule has 7 nitrogen and oxygen atoms in total. The number of carbonyl (C=O) groups is 1. The van der Waals surface area contributed by atoms with Gasteiger partial charge in [-0.1, -0.05) is 23.2 Å². The number of thiophene rings is 2. The maximum atomic E-state index is 12.9. The molecular formula is C18H14N4O3S2. The second kappa shape index (κ2) is 7.37. The molecule has 3 aromatic rings. The molecule has 0 amide bonds. The number of hydrogen-bond donors (Lipinski definition) is 0. The largest absolute Gasteiger partial charge is 0.490 e. The van der Waals surface area contributed by atoms with Gasteiger partial charge in [0, 0.05) is 20.8 Å². The minimum absolute atomic E-state index is 0.134. The SMILES string of the molecule is O=C1C=C(/C=C/c2cccs2)C[C@H](c2cccs2)[C@@H]1n1cnc([N+](=O)[O-])n1. The van der Waals surface area contributed by atoms with Crippen molar-refractivity contribution in [2.75, 3.05) is 0 Å². The highest BCUT2D eigenvalue weighted by Gasteiger charge is 2.37. The summed E-state index contributed by atoms with van der Waals surface area (Å²) in [6.07, 6.45) is 7.47. The van der Waals surface area contributed by atoms with Crippen LogP contribution in [0.2, 0.25) is 0 Å². The Morgan fingerprint density at radius 1 is 1.22 bits per heavy atom. The first kappa shape index (κ1) is 17.5. The molecule has 27 heavy (non-hydrogen) atoms. The number of rotatable bonds is 5. The van der Waals surface area contributed by atoms with Gasteiger partial charge in [0.1, 0.15) is 6.04 Å². The van der Waals surface area contributed by atoms with Crippen molar-refractivity contribution in [1.82, 2.24) is 14.8 Å². The van der Waals surface area contributed by atoms with Crippen LogP contribution in [0.4, 0.5) is 5.95 Å². The normalized spacial score (nSPS) is 20.1. The summed E-state index contributed by atoms with van der Waals surface area (Å²) in [6.45, 7) is 0. The van der Waals surface area contributed by atoms with Gasteiger partial charge in [-0.25, -0.2) is 0 Å². The average molecular weight is 398 g/mol. The van der Waals surface area contributed by atoms with Crippen molar-refractivity contribution in [3.8, 4) is 0 Å². The fourth-order valence-electron chi connectivity index (χ4n) is 3.14. The van der Waals surface area contributed by atoms with Crippen molar-refractivity contribution in [3.63, 3.8) is 0 Å². The summed E-state index contributed by atoms with van der Waals surface area (Å²) in [5, 5.41) is 18.8. The topological polar surface area (TPSA) is 90.9 Å². The summed E-state index contributed by atoms with van der Waals surface area (Å²) in [5.41, 5.74) is 0.928. The lowest BCUT2D eigenvalue weighted by Gasteiger charge is -2.27. The molecule has 1 aliphatic rings. The van der Waals surface area contributed by atoms with Crippen LogP contribution in [0.3, 0.4) is 0 Å². The minimum atomic E-state index is -0.658. The van der Waals surface area contributed by atoms with E-state index in [-0.39, 0.29) is 11.7 Å². The van der Waals surface area contributed by atoms with Crippen LogP contribution in [0, 0.1) is 10.1 Å². The summed E-state index contributed by atoms with van der Waals surface area (Å²) < 4.78 is 1.32. The number of allylic oxidation sites excluding steroid dienone is 3. The lowest BCUT2D eigenvalue weighted by molar-refractivity contribution is -0.394. The zero-order valence-corrected chi connectivity index (χ0v) is 15.6. The van der Waals surface area contributed by atoms with E-state index in [1.807, 2.05) is 47.2 Å². The molecule has 0 N–H and O–H groups in total. The fraction of sp³-hybridized carbons (Fsp3) is 0.167. The minimum Gasteiger partial charge on any atom is -0.390 e. The number of aromatic nitrogens is 3. The lowest BCUT2D eigenvalue weighted by Crippen LogP contribution is -2.29. The first-order valence-electron chi connectivity index (χ1n) is 8.17. The Balaban J connectivity index is 1.68. The molecular weight excluding hydrogens is 384 g/mol. The molecule has 1 aliphatic carbocycles. The standard InChI is InChI=1S/C18H14N4O3S2/c23-15-10-12(5-6-13-3-1-7-26-13)9-14(16-4-2-8-27-16)17(15)21-11-19-18(20-21)22(24)25/h1-8,10-11,14,17H,9H2/b6-5+/t14-,17+/m1/s1. The third-order valence-corrected chi connectivity index (χ3v) is 6.16. The number of ketones is 1. The van der Waals surface area contributed by atoms with E-state index in [2.05, 4.69) is 10.1 Å². The van der Waals surface area contributed by atoms with E-state index in [1.54, 1.807) is 28.7 Å². The second-order valence-electron chi connectivity index (χ2n) is 6.02. The van der Waals surface area contributed by atoms with E-state index in [9.17, 15) is 14.9 Å². The van der Waals surface area contributed by atoms with E-state index in [1.165, 1.54) is 11.0 Å². The van der Waals surface area contributed by atoms with E-state index in [0.29, 0.717) is 6.42 Å². The molecule has 0 fully saturated rings. The summed E-state index contributed by atoms with van der Waals surface area (Å²) in [6, 6.07) is 7.27. The van der Waals surface area contributed by atoms with E-state index in [4.69, 9.17) is 0 Å². The monoisotopic (exact) mass is 398 g/mol. The summed E-state index contributed by atoms with van der Waals surface area (Å²) in [5.74, 6) is -0.780. The Labute approximate surface area is 162 Å². The molecule has 3 heterocycles. The maximum absolute atomic E-state index is 12.9. The van der Waals surface area contributed by atoms with E-state index >= 15 is 0 Å². The summed E-state index contributed by atoms with van der Waals surface area (Å²) >= 11 is 3.19. The van der Waals surface area contributed by atoms with Crippen LogP contribution in [-0.2, 0) is 4.79 Å². The van der Waals surface area contributed by atoms with Crippen molar-refractivity contribution >= 4 is 40.5 Å². The molecule has 9 heteroatoms. The maximum Gasteiger partial charge on any atom is 0.490 e. The van der Waals surface area contributed by atoms with Gasteiger partial charge >= 0.3 is 5.95 Å². The smallest absolute Gasteiger partial charge is 0.390 e. The van der Waals surface area contributed by atoms with Gasteiger partial charge in [0.25, 0.3) is 0 Å². The molecule has 0 aromatic carbocycles. The molecule has 0 saturated heterocycles. The highest BCUT2D eigenvalue weighted by Crippen LogP contribution is 2.41. The van der Waals surface area contributed by atoms with Crippen LogP contribution >= 0.6 is 22.7 Å². The third kappa shape index (κ3) is 3.64. The summed E-state index contributed by atoms with van der Waals surface area (Å²) in [7, 11) is 0. The van der Waals surface area contributed by atoms with Gasteiger partial charge in [0.15, 0.2) is 5.78 Å². The highest BCUT2D eigenvalue weighted by atomic mass is 32.1. The molecule has 0 spiro atoms. The molecule has 0 radical (unpaired) electrons. The number of nitro groups is 1. The molecule has 0 bridgehead atoms. The Hall–Kier alpha value is -2.91. The molecule has 0 saturated carbocycles. The zero-order valence-electron chi connectivity index (χ0n) is 14.0. The third-order valence-electron chi connectivity index (χ3n) is 4.31. The van der Waals surface area contributed by atoms with Crippen molar-refractivity contribution < 1.29 is 9.72 Å². The molecule has 2 atom stereocenters. The number of nitrogens with zero attached hydrogens (tertiary/aromatic N) is 4. The predicted molar refractivity (Wildman–Crippen MR) is 104 cm³/mol. The Kier molecular flexibility index (Phi) is 4.78. The van der Waals surface area contributed by atoms with Gasteiger partial charge in [0.2, 0.25) is 6.33 Å². The van der Waals surface area contributed by atoms with Crippen molar-refractivity contribution in [2.45, 2.75) is 18.4 Å². The van der Waals surface area contributed by atoms with Crippen molar-refractivity contribution in [2.24, 2.45) is 0 Å². The molecule has 3 aromatic heterocycles. The summed E-state index contributed by atoms with van der Waals surface area (Å²) in [4.78, 5) is 29.0. The first-order valence-corrected chi connectivity index (χ1v) is 9.92. The van der Waals surface area contributed by atoms with Crippen LogP contribution in [0.5, 0.6) is 0 Å². The van der Waals surface area contributed by atoms with Gasteiger partial charge in [-0.05, 0) is 52.0 Å². The van der Waals surface area contributed by atoms with Crippen molar-refractivity contribution in [1.29, 1.82) is 0 Å². The molecule has 136 valence electrons. The molecule has 4 rings (SSSR count). The lowest BCUT2D eigenvalue weighted by atomic mass is 9.82. The zero-order chi connectivity index (χ0) is 18.8. The Morgan fingerprint density at radius 3 is 2.70 bits per heavy atom. The molecule has 0 unspecified atom stereocenters. The van der Waals surface area contributed by atoms with Crippen LogP contribution in [0.25, 0.3) is 6.08 Å². The van der Waals surface area contributed by atoms with Gasteiger partial charge in [-0.3, -0.25) is 4.79 Å². The van der Waals surface area contributed by atoms with Gasteiger partial charge in [-0.15, -0.1) is 22.7 Å². The molecule has 0 aliphatic heterocycles. The van der Waals surface area contributed by atoms with Crippen LogP contribution < -0.4 is 0 Å². The van der Waals surface area contributed by atoms with Gasteiger partial charge < -0.3 is 10.1 Å². The highest BCUT2D eigenvalue weighted by molar-refractivity contribution is 7.10. The van der Waals surface area contributed by atoms with E-state index in [0.717, 1.165) is 15.3 Å². The second-order valence-corrected chi connectivity index (χ2v) is 7.98. The van der Waals surface area contributed by atoms with Crippen molar-refractivity contribution in [3.05, 3.63) is 78.9 Å². The van der Waals surface area contributed by atoms with Crippen LogP contribution in [-0.4, -0.2) is 25.5 Å². The number of carbonyl (C=O) groups excluding carboxylic acids is 1. The fourth-order valence-corrected chi connectivity index (χ4v) is 4.62. The predicted octanol–water partition coefficient (Wildman–Crippen LogP) is 4.25. The van der Waals surface area contributed by atoms with E-state index < -0.39 is 16.9 Å². The Bertz CT molecular complexity index is 1020. The van der Waals surface area contributed by atoms with Crippen LogP contribution in [0.1, 0.15) is 28.1 Å². The number of hydrogen-bond acceptors (Lipinski definition) is 7. The van der Waals surface area contributed by atoms with Gasteiger partial charge in [-0.2, -0.15) is 4.68 Å². The van der Waals surface area contributed by atoms with Gasteiger partial charge in [0.05, 0.1) is 0 Å². The first-order chi connectivity index (χ1) is 13.1. The quantitative estimate of drug-likeness (QED) is 0.473.